The minimum atomic E-state index is -0.315. The molecule has 0 amide bonds. The van der Waals surface area contributed by atoms with Crippen LogP contribution in [-0.4, -0.2) is 11.6 Å². The fourth-order valence-corrected chi connectivity index (χ4v) is 2.08. The summed E-state index contributed by atoms with van der Waals surface area (Å²) < 4.78 is 0. The van der Waals surface area contributed by atoms with Crippen LogP contribution in [0, 0.1) is 5.92 Å². The highest BCUT2D eigenvalue weighted by atomic mass is 16.2. The van der Waals surface area contributed by atoms with Crippen LogP contribution in [0.3, 0.4) is 0 Å². The molecule has 0 spiro atoms. The minimum Gasteiger partial charge on any atom is -0.299 e. The Hall–Kier alpha value is -1.44. The van der Waals surface area contributed by atoms with E-state index in [1.807, 2.05) is 30.3 Å². The van der Waals surface area contributed by atoms with Crippen molar-refractivity contribution >= 4 is 11.6 Å². The van der Waals surface area contributed by atoms with E-state index in [2.05, 4.69) is 0 Å². The number of benzene rings is 1. The summed E-state index contributed by atoms with van der Waals surface area (Å²) in [7, 11) is 0. The molecule has 78 valence electrons. The van der Waals surface area contributed by atoms with Crippen molar-refractivity contribution in [2.75, 3.05) is 0 Å². The second kappa shape index (κ2) is 4.39. The van der Waals surface area contributed by atoms with E-state index in [4.69, 9.17) is 0 Å². The van der Waals surface area contributed by atoms with Gasteiger partial charge in [-0.2, -0.15) is 0 Å². The highest BCUT2D eigenvalue weighted by molar-refractivity contribution is 6.04. The molecule has 0 N–H and O–H groups in total. The van der Waals surface area contributed by atoms with Gasteiger partial charge in [0.1, 0.15) is 11.6 Å². The standard InChI is InChI=1S/C13H14O2/c14-12-8-4-7-11(12)13(15)9-10-5-2-1-3-6-10/h1-3,5-6,11H,4,7-9H2. The molecule has 1 aliphatic rings. The smallest absolute Gasteiger partial charge is 0.147 e. The normalized spacial score (nSPS) is 20.5. The van der Waals surface area contributed by atoms with Gasteiger partial charge in [0.15, 0.2) is 0 Å². The summed E-state index contributed by atoms with van der Waals surface area (Å²) in [5.41, 5.74) is 1.00. The molecule has 1 unspecified atom stereocenters. The van der Waals surface area contributed by atoms with Crippen molar-refractivity contribution in [1.82, 2.24) is 0 Å². The summed E-state index contributed by atoms with van der Waals surface area (Å²) in [5.74, 6) is -0.0927. The maximum Gasteiger partial charge on any atom is 0.147 e. The van der Waals surface area contributed by atoms with Gasteiger partial charge in [-0.25, -0.2) is 0 Å². The molecule has 0 aliphatic heterocycles. The van der Waals surface area contributed by atoms with E-state index in [-0.39, 0.29) is 17.5 Å². The molecule has 2 heteroatoms. The zero-order valence-corrected chi connectivity index (χ0v) is 8.61. The van der Waals surface area contributed by atoms with Gasteiger partial charge >= 0.3 is 0 Å². The fraction of sp³-hybridized carbons (Fsp3) is 0.385. The number of hydrogen-bond acceptors (Lipinski definition) is 2. The highest BCUT2D eigenvalue weighted by Crippen LogP contribution is 2.23. The average molecular weight is 202 g/mol. The molecule has 1 aromatic rings. The van der Waals surface area contributed by atoms with E-state index in [1.54, 1.807) is 0 Å². The molecule has 0 bridgehead atoms. The number of carbonyl (C=O) groups is 2. The van der Waals surface area contributed by atoms with E-state index in [9.17, 15) is 9.59 Å². The van der Waals surface area contributed by atoms with Gasteiger partial charge in [-0.1, -0.05) is 30.3 Å². The molecule has 1 aromatic carbocycles. The van der Waals surface area contributed by atoms with Gasteiger partial charge in [-0.05, 0) is 18.4 Å². The third-order valence-corrected chi connectivity index (χ3v) is 2.91. The van der Waals surface area contributed by atoms with Crippen molar-refractivity contribution in [2.24, 2.45) is 5.92 Å². The highest BCUT2D eigenvalue weighted by Gasteiger charge is 2.30. The molecule has 2 nitrogen and oxygen atoms in total. The molecular formula is C13H14O2. The van der Waals surface area contributed by atoms with Gasteiger partial charge in [0, 0.05) is 12.8 Å². The van der Waals surface area contributed by atoms with Crippen molar-refractivity contribution in [1.29, 1.82) is 0 Å². The van der Waals surface area contributed by atoms with Crippen molar-refractivity contribution in [3.8, 4) is 0 Å². The Bertz CT molecular complexity index is 367. The second-order valence-corrected chi connectivity index (χ2v) is 4.04. The van der Waals surface area contributed by atoms with E-state index in [0.717, 1.165) is 18.4 Å². The van der Waals surface area contributed by atoms with Crippen LogP contribution in [0.4, 0.5) is 0 Å². The lowest BCUT2D eigenvalue weighted by Crippen LogP contribution is -2.20. The van der Waals surface area contributed by atoms with Crippen molar-refractivity contribution in [3.05, 3.63) is 35.9 Å². The number of ketones is 2. The van der Waals surface area contributed by atoms with Gasteiger partial charge < -0.3 is 0 Å². The molecule has 1 atom stereocenters. The molecule has 0 saturated heterocycles. The van der Waals surface area contributed by atoms with Crippen LogP contribution in [0.2, 0.25) is 0 Å². The first-order chi connectivity index (χ1) is 7.27. The zero-order valence-electron chi connectivity index (χ0n) is 8.61. The zero-order chi connectivity index (χ0) is 10.7. The first-order valence-electron chi connectivity index (χ1n) is 5.37. The van der Waals surface area contributed by atoms with E-state index in [1.165, 1.54) is 0 Å². The molecule has 15 heavy (non-hydrogen) atoms. The van der Waals surface area contributed by atoms with Crippen molar-refractivity contribution < 1.29 is 9.59 Å². The Morgan fingerprint density at radius 2 is 2.00 bits per heavy atom. The monoisotopic (exact) mass is 202 g/mol. The molecular weight excluding hydrogens is 188 g/mol. The lowest BCUT2D eigenvalue weighted by Gasteiger charge is -2.06. The Kier molecular flexibility index (Phi) is 2.95. The predicted molar refractivity (Wildman–Crippen MR) is 57.5 cm³/mol. The molecule has 0 heterocycles. The molecule has 2 rings (SSSR count). The molecule has 0 aromatic heterocycles. The van der Waals surface area contributed by atoms with E-state index < -0.39 is 0 Å². The lowest BCUT2D eigenvalue weighted by molar-refractivity contribution is -0.130. The van der Waals surface area contributed by atoms with Crippen LogP contribution < -0.4 is 0 Å². The van der Waals surface area contributed by atoms with Crippen molar-refractivity contribution in [2.45, 2.75) is 25.7 Å². The Balaban J connectivity index is 2.01. The maximum absolute atomic E-state index is 11.8. The van der Waals surface area contributed by atoms with Crippen LogP contribution in [-0.2, 0) is 16.0 Å². The van der Waals surface area contributed by atoms with Crippen LogP contribution in [0.15, 0.2) is 30.3 Å². The summed E-state index contributed by atoms with van der Waals surface area (Å²) in [5, 5.41) is 0. The average Bonchev–Trinajstić information content (AvgIpc) is 2.66. The number of rotatable bonds is 3. The first kappa shape index (κ1) is 10.1. The fourth-order valence-electron chi connectivity index (χ4n) is 2.08. The van der Waals surface area contributed by atoms with E-state index in [0.29, 0.717) is 12.8 Å². The molecule has 0 radical (unpaired) electrons. The largest absolute Gasteiger partial charge is 0.299 e. The summed E-state index contributed by atoms with van der Waals surface area (Å²) >= 11 is 0. The topological polar surface area (TPSA) is 34.1 Å². The number of carbonyl (C=O) groups excluding carboxylic acids is 2. The van der Waals surface area contributed by atoms with Crippen LogP contribution in [0.5, 0.6) is 0 Å². The SMILES string of the molecule is O=C1CCCC1C(=O)Cc1ccccc1. The van der Waals surface area contributed by atoms with Gasteiger partial charge in [-0.3, -0.25) is 9.59 Å². The predicted octanol–water partition coefficient (Wildman–Crippen LogP) is 2.17. The molecule has 1 fully saturated rings. The number of hydrogen-bond donors (Lipinski definition) is 0. The first-order valence-corrected chi connectivity index (χ1v) is 5.37. The summed E-state index contributed by atoms with van der Waals surface area (Å²) in [6.07, 6.45) is 2.62. The van der Waals surface area contributed by atoms with Crippen LogP contribution >= 0.6 is 0 Å². The molecule has 1 aliphatic carbocycles. The second-order valence-electron chi connectivity index (χ2n) is 4.04. The Morgan fingerprint density at radius 1 is 1.27 bits per heavy atom. The number of Topliss-reactive ketones (excluding diaryl/α,β-unsaturated/α-hetero) is 2. The van der Waals surface area contributed by atoms with Crippen LogP contribution in [0.25, 0.3) is 0 Å². The van der Waals surface area contributed by atoms with E-state index >= 15 is 0 Å². The Labute approximate surface area is 89.3 Å². The summed E-state index contributed by atoms with van der Waals surface area (Å²) in [6, 6.07) is 9.61. The van der Waals surface area contributed by atoms with Crippen LogP contribution in [0.1, 0.15) is 24.8 Å². The lowest BCUT2D eigenvalue weighted by atomic mass is 9.96. The Morgan fingerprint density at radius 3 is 2.60 bits per heavy atom. The van der Waals surface area contributed by atoms with Gasteiger partial charge in [0.25, 0.3) is 0 Å². The molecule has 1 saturated carbocycles. The quantitative estimate of drug-likeness (QED) is 0.704. The van der Waals surface area contributed by atoms with Gasteiger partial charge in [-0.15, -0.1) is 0 Å². The summed E-state index contributed by atoms with van der Waals surface area (Å²) in [4.78, 5) is 23.2. The van der Waals surface area contributed by atoms with Gasteiger partial charge in [0.05, 0.1) is 5.92 Å². The third-order valence-electron chi connectivity index (χ3n) is 2.91. The minimum absolute atomic E-state index is 0.0868. The summed E-state index contributed by atoms with van der Waals surface area (Å²) in [6.45, 7) is 0. The van der Waals surface area contributed by atoms with Gasteiger partial charge in [0.2, 0.25) is 0 Å². The van der Waals surface area contributed by atoms with Crippen molar-refractivity contribution in [3.63, 3.8) is 0 Å². The third kappa shape index (κ3) is 2.32. The maximum atomic E-state index is 11.8.